The van der Waals surface area contributed by atoms with Gasteiger partial charge in [-0.15, -0.1) is 0 Å². The summed E-state index contributed by atoms with van der Waals surface area (Å²) in [5.74, 6) is 1.96. The number of aliphatic hydroxyl groups excluding tert-OH is 1. The molecular weight excluding hydrogens is 434 g/mol. The zero-order chi connectivity index (χ0) is 22.7. The first-order valence-electron chi connectivity index (χ1n) is 9.91. The van der Waals surface area contributed by atoms with Gasteiger partial charge in [0.2, 0.25) is 5.91 Å². The van der Waals surface area contributed by atoms with Gasteiger partial charge in [-0.1, -0.05) is 11.6 Å². The number of hydrogen-bond acceptors (Lipinski definition) is 8. The standard InChI is InChI=1S/C22H22ClN5O4/c23-17-7-14(21-27-9-15(10-28-21)22(30)31)5-13-6-16(32-20(13)17)11-26-19(29)4-2-12-1-3-18(24)25-8-12/h1-4,6-9,13,22,30-31H,5,10-11H2,(H2,24,25)(H,26,29)(H,27,28). The van der Waals surface area contributed by atoms with Crippen LogP contribution >= 0.6 is 11.6 Å². The summed E-state index contributed by atoms with van der Waals surface area (Å²) in [4.78, 5) is 20.4. The van der Waals surface area contributed by atoms with Gasteiger partial charge in [0.25, 0.3) is 0 Å². The van der Waals surface area contributed by atoms with Crippen LogP contribution < -0.4 is 16.4 Å². The Morgan fingerprint density at radius 2 is 2.28 bits per heavy atom. The van der Waals surface area contributed by atoms with Crippen molar-refractivity contribution in [2.75, 3.05) is 18.8 Å². The highest BCUT2D eigenvalue weighted by atomic mass is 35.5. The second-order valence-electron chi connectivity index (χ2n) is 7.40. The van der Waals surface area contributed by atoms with Gasteiger partial charge in [0.15, 0.2) is 6.29 Å². The highest BCUT2D eigenvalue weighted by molar-refractivity contribution is 6.32. The van der Waals surface area contributed by atoms with E-state index in [0.717, 1.165) is 11.1 Å². The number of amidine groups is 1. The highest BCUT2D eigenvalue weighted by Crippen LogP contribution is 2.39. The fraction of sp³-hybridized carbons (Fsp3) is 0.227. The second kappa shape index (κ2) is 9.39. The molecule has 32 heavy (non-hydrogen) atoms. The number of aliphatic imine (C=N–C) groups is 1. The molecule has 1 aliphatic carbocycles. The molecule has 1 aromatic rings. The first-order valence-corrected chi connectivity index (χ1v) is 10.3. The molecule has 9 nitrogen and oxygen atoms in total. The molecule has 4 rings (SSSR count). The number of fused-ring (bicyclic) bond motifs is 1. The summed E-state index contributed by atoms with van der Waals surface area (Å²) in [5.41, 5.74) is 7.58. The largest absolute Gasteiger partial charge is 0.462 e. The first-order chi connectivity index (χ1) is 15.4. The van der Waals surface area contributed by atoms with E-state index in [4.69, 9.17) is 22.1 Å². The van der Waals surface area contributed by atoms with E-state index in [-0.39, 0.29) is 24.9 Å². The molecule has 0 bridgehead atoms. The number of allylic oxidation sites excluding steroid dienone is 3. The van der Waals surface area contributed by atoms with Gasteiger partial charge in [-0.05, 0) is 47.9 Å². The smallest absolute Gasteiger partial charge is 0.244 e. The number of nitrogen functional groups attached to an aromatic ring is 1. The third-order valence-corrected chi connectivity index (χ3v) is 5.36. The molecule has 0 radical (unpaired) electrons. The van der Waals surface area contributed by atoms with Crippen LogP contribution in [0.2, 0.25) is 0 Å². The molecule has 0 saturated heterocycles. The van der Waals surface area contributed by atoms with Gasteiger partial charge in [0.1, 0.15) is 23.2 Å². The van der Waals surface area contributed by atoms with Gasteiger partial charge in [-0.3, -0.25) is 9.79 Å². The van der Waals surface area contributed by atoms with Crippen molar-refractivity contribution in [3.8, 4) is 0 Å². The minimum Gasteiger partial charge on any atom is -0.462 e. The Labute approximate surface area is 189 Å². The topological polar surface area (TPSA) is 142 Å². The van der Waals surface area contributed by atoms with Crippen molar-refractivity contribution in [3.63, 3.8) is 0 Å². The monoisotopic (exact) mass is 455 g/mol. The highest BCUT2D eigenvalue weighted by Gasteiger charge is 2.31. The van der Waals surface area contributed by atoms with Crippen molar-refractivity contribution in [3.05, 3.63) is 76.0 Å². The molecule has 1 amide bonds. The number of ether oxygens (including phenoxy) is 1. The molecule has 1 atom stereocenters. The third-order valence-electron chi connectivity index (χ3n) is 5.06. The van der Waals surface area contributed by atoms with Gasteiger partial charge in [0.05, 0.1) is 18.1 Å². The maximum absolute atomic E-state index is 12.1. The van der Waals surface area contributed by atoms with Gasteiger partial charge >= 0.3 is 0 Å². The number of hydrogen-bond donors (Lipinski definition) is 5. The lowest BCUT2D eigenvalue weighted by Gasteiger charge is -2.23. The molecule has 2 aliphatic heterocycles. The Morgan fingerprint density at radius 3 is 2.97 bits per heavy atom. The number of nitrogens with zero attached hydrogens (tertiary/aromatic N) is 2. The molecule has 0 saturated carbocycles. The Kier molecular flexibility index (Phi) is 6.40. The van der Waals surface area contributed by atoms with Crippen LogP contribution in [0.5, 0.6) is 0 Å². The van der Waals surface area contributed by atoms with E-state index in [1.54, 1.807) is 30.5 Å². The number of aromatic nitrogens is 1. The number of rotatable bonds is 6. The van der Waals surface area contributed by atoms with Crippen LogP contribution in [0.15, 0.2) is 75.4 Å². The predicted molar refractivity (Wildman–Crippen MR) is 121 cm³/mol. The number of aliphatic hydroxyl groups is 2. The van der Waals surface area contributed by atoms with E-state index in [1.807, 2.05) is 6.08 Å². The molecule has 3 aliphatic rings. The number of nitrogens with two attached hydrogens (primary N) is 1. The molecular formula is C22H22ClN5O4. The summed E-state index contributed by atoms with van der Waals surface area (Å²) in [6, 6.07) is 3.43. The maximum Gasteiger partial charge on any atom is 0.244 e. The third kappa shape index (κ3) is 5.08. The second-order valence-corrected chi connectivity index (χ2v) is 7.80. The van der Waals surface area contributed by atoms with Gasteiger partial charge in [-0.25, -0.2) is 4.98 Å². The zero-order valence-corrected chi connectivity index (χ0v) is 17.7. The summed E-state index contributed by atoms with van der Waals surface area (Å²) in [5, 5.41) is 24.7. The molecule has 0 aromatic carbocycles. The van der Waals surface area contributed by atoms with Crippen LogP contribution in [-0.4, -0.2) is 46.3 Å². The number of halogens is 1. The van der Waals surface area contributed by atoms with Crippen LogP contribution in [0.25, 0.3) is 6.08 Å². The van der Waals surface area contributed by atoms with Crippen molar-refractivity contribution in [1.29, 1.82) is 0 Å². The van der Waals surface area contributed by atoms with E-state index in [0.29, 0.717) is 40.2 Å². The van der Waals surface area contributed by atoms with E-state index in [1.165, 1.54) is 12.3 Å². The summed E-state index contributed by atoms with van der Waals surface area (Å²) < 4.78 is 5.85. The van der Waals surface area contributed by atoms with Gasteiger partial charge in [-0.2, -0.15) is 0 Å². The predicted octanol–water partition coefficient (Wildman–Crippen LogP) is 1.30. The van der Waals surface area contributed by atoms with Crippen molar-refractivity contribution >= 4 is 35.2 Å². The van der Waals surface area contributed by atoms with Crippen molar-refractivity contribution in [2.24, 2.45) is 10.9 Å². The number of amides is 1. The Bertz CT molecular complexity index is 1100. The van der Waals surface area contributed by atoms with E-state index in [2.05, 4.69) is 20.6 Å². The van der Waals surface area contributed by atoms with Crippen LogP contribution in [-0.2, 0) is 9.53 Å². The van der Waals surface area contributed by atoms with Crippen molar-refractivity contribution in [2.45, 2.75) is 12.7 Å². The SMILES string of the molecule is Nc1ccc(C=CC(=O)NCC2=CC3CC(C4=NCC(C(O)O)=CN4)=CC(Cl)=C3O2)cn1. The van der Waals surface area contributed by atoms with Crippen LogP contribution in [0, 0.1) is 5.92 Å². The van der Waals surface area contributed by atoms with Gasteiger partial charge < -0.3 is 31.3 Å². The van der Waals surface area contributed by atoms with Crippen molar-refractivity contribution in [1.82, 2.24) is 15.6 Å². The quantitative estimate of drug-likeness (QED) is 0.321. The fourth-order valence-corrected chi connectivity index (χ4v) is 3.71. The minimum absolute atomic E-state index is 0.0656. The maximum atomic E-state index is 12.1. The molecule has 1 unspecified atom stereocenters. The summed E-state index contributed by atoms with van der Waals surface area (Å²) in [6.07, 6.45) is 8.98. The summed E-state index contributed by atoms with van der Waals surface area (Å²) in [7, 11) is 0. The van der Waals surface area contributed by atoms with E-state index >= 15 is 0 Å². The van der Waals surface area contributed by atoms with Crippen LogP contribution in [0.4, 0.5) is 5.82 Å². The lowest BCUT2D eigenvalue weighted by atomic mass is 9.92. The molecule has 166 valence electrons. The summed E-state index contributed by atoms with van der Waals surface area (Å²) >= 11 is 6.42. The fourth-order valence-electron chi connectivity index (χ4n) is 3.40. The zero-order valence-electron chi connectivity index (χ0n) is 17.0. The minimum atomic E-state index is -1.54. The number of pyridine rings is 1. The number of anilines is 1. The number of carbonyl (C=O) groups is 1. The molecule has 0 spiro atoms. The average Bonchev–Trinajstić information content (AvgIpc) is 3.21. The van der Waals surface area contributed by atoms with Gasteiger partial charge in [0, 0.05) is 30.0 Å². The molecule has 0 fully saturated rings. The van der Waals surface area contributed by atoms with Crippen molar-refractivity contribution < 1.29 is 19.7 Å². The van der Waals surface area contributed by atoms with E-state index in [9.17, 15) is 15.0 Å². The number of nitrogens with one attached hydrogen (secondary N) is 2. The Morgan fingerprint density at radius 1 is 1.44 bits per heavy atom. The lowest BCUT2D eigenvalue weighted by molar-refractivity contribution is -0.116. The van der Waals surface area contributed by atoms with Crippen LogP contribution in [0.1, 0.15) is 12.0 Å². The van der Waals surface area contributed by atoms with Crippen LogP contribution in [0.3, 0.4) is 0 Å². The Hall–Kier alpha value is -3.40. The average molecular weight is 456 g/mol. The van der Waals surface area contributed by atoms with E-state index < -0.39 is 6.29 Å². The number of carbonyl (C=O) groups excluding carboxylic acids is 1. The molecule has 10 heteroatoms. The molecule has 1 aromatic heterocycles. The first kappa shape index (κ1) is 21.8. The Balaban J connectivity index is 1.33. The lowest BCUT2D eigenvalue weighted by Crippen LogP contribution is -2.29. The molecule has 6 N–H and O–H groups in total. The normalized spacial score (nSPS) is 20.2. The summed E-state index contributed by atoms with van der Waals surface area (Å²) in [6.45, 7) is 0.419. The molecule has 3 heterocycles.